The predicted molar refractivity (Wildman–Crippen MR) is 107 cm³/mol. The van der Waals surface area contributed by atoms with Crippen molar-refractivity contribution in [3.05, 3.63) is 63.8 Å². The molecule has 2 heterocycles. The van der Waals surface area contributed by atoms with Crippen LogP contribution >= 0.6 is 11.6 Å². The first kappa shape index (κ1) is 21.0. The lowest BCUT2D eigenvalue weighted by molar-refractivity contribution is -0.137. The highest BCUT2D eigenvalue weighted by molar-refractivity contribution is 6.32. The summed E-state index contributed by atoms with van der Waals surface area (Å²) in [6.07, 6.45) is -3.95. The van der Waals surface area contributed by atoms with Gasteiger partial charge in [-0.15, -0.1) is 0 Å². The SMILES string of the molecule is O=C(Cc1ccc(C(F)(F)F)cc1)N1CCc2[nH]nc(-c3cc(Cl)c(O)cc3O)c2C1. The molecule has 4 rings (SSSR count). The first-order chi connectivity index (χ1) is 14.6. The molecule has 0 aliphatic carbocycles. The number of phenols is 2. The van der Waals surface area contributed by atoms with E-state index in [2.05, 4.69) is 10.2 Å². The number of aromatic amines is 1. The molecule has 1 aromatic heterocycles. The van der Waals surface area contributed by atoms with Gasteiger partial charge in [-0.05, 0) is 23.8 Å². The zero-order valence-corrected chi connectivity index (χ0v) is 16.8. The number of carbonyl (C=O) groups is 1. The van der Waals surface area contributed by atoms with Crippen molar-refractivity contribution in [3.63, 3.8) is 0 Å². The number of fused-ring (bicyclic) bond motifs is 1. The van der Waals surface area contributed by atoms with Gasteiger partial charge >= 0.3 is 6.18 Å². The summed E-state index contributed by atoms with van der Waals surface area (Å²) in [7, 11) is 0. The molecule has 1 aliphatic rings. The fourth-order valence-electron chi connectivity index (χ4n) is 3.57. The van der Waals surface area contributed by atoms with Gasteiger partial charge in [0, 0.05) is 42.4 Å². The minimum absolute atomic E-state index is 0.0308. The quantitative estimate of drug-likeness (QED) is 0.554. The lowest BCUT2D eigenvalue weighted by atomic mass is 9.99. The molecular formula is C21H17ClF3N3O3. The molecule has 1 amide bonds. The number of hydrogen-bond acceptors (Lipinski definition) is 4. The highest BCUT2D eigenvalue weighted by atomic mass is 35.5. The van der Waals surface area contributed by atoms with Crippen LogP contribution in [0.5, 0.6) is 11.5 Å². The summed E-state index contributed by atoms with van der Waals surface area (Å²) in [5, 5.41) is 27.0. The molecule has 3 N–H and O–H groups in total. The summed E-state index contributed by atoms with van der Waals surface area (Å²) >= 11 is 5.96. The molecule has 31 heavy (non-hydrogen) atoms. The van der Waals surface area contributed by atoms with Crippen molar-refractivity contribution in [2.24, 2.45) is 0 Å². The number of nitrogens with zero attached hydrogens (tertiary/aromatic N) is 2. The Bertz CT molecular complexity index is 1140. The van der Waals surface area contributed by atoms with Gasteiger partial charge in [-0.1, -0.05) is 23.7 Å². The maximum absolute atomic E-state index is 12.8. The maximum Gasteiger partial charge on any atom is 0.416 e. The average molecular weight is 452 g/mol. The fourth-order valence-corrected chi connectivity index (χ4v) is 3.73. The number of benzene rings is 2. The van der Waals surface area contributed by atoms with Crippen LogP contribution < -0.4 is 0 Å². The Hall–Kier alpha value is -3.20. The van der Waals surface area contributed by atoms with E-state index in [1.54, 1.807) is 4.90 Å². The van der Waals surface area contributed by atoms with Crippen LogP contribution in [0.2, 0.25) is 5.02 Å². The minimum Gasteiger partial charge on any atom is -0.507 e. The van der Waals surface area contributed by atoms with Crippen molar-refractivity contribution in [1.29, 1.82) is 0 Å². The number of hydrogen-bond donors (Lipinski definition) is 3. The van der Waals surface area contributed by atoms with Crippen LogP contribution in [0.3, 0.4) is 0 Å². The number of phenolic OH excluding ortho intramolecular Hbond substituents is 2. The third-order valence-corrected chi connectivity index (χ3v) is 5.55. The van der Waals surface area contributed by atoms with E-state index in [4.69, 9.17) is 11.6 Å². The fraction of sp³-hybridized carbons (Fsp3) is 0.238. The van der Waals surface area contributed by atoms with Gasteiger partial charge in [-0.25, -0.2) is 0 Å². The minimum atomic E-state index is -4.42. The molecule has 0 saturated heterocycles. The number of aromatic nitrogens is 2. The highest BCUT2D eigenvalue weighted by Crippen LogP contribution is 2.39. The summed E-state index contributed by atoms with van der Waals surface area (Å²) in [5.74, 6) is -0.699. The molecular weight excluding hydrogens is 435 g/mol. The van der Waals surface area contributed by atoms with Gasteiger partial charge in [0.05, 0.1) is 17.0 Å². The third kappa shape index (κ3) is 4.18. The molecule has 10 heteroatoms. The zero-order valence-electron chi connectivity index (χ0n) is 16.0. The van der Waals surface area contributed by atoms with Crippen LogP contribution in [0, 0.1) is 0 Å². The van der Waals surface area contributed by atoms with E-state index in [0.29, 0.717) is 35.3 Å². The van der Waals surface area contributed by atoms with Crippen LogP contribution in [0.15, 0.2) is 36.4 Å². The number of nitrogens with one attached hydrogen (secondary N) is 1. The van der Waals surface area contributed by atoms with Crippen molar-refractivity contribution in [2.75, 3.05) is 6.54 Å². The number of rotatable bonds is 3. The maximum atomic E-state index is 12.8. The van der Waals surface area contributed by atoms with E-state index in [9.17, 15) is 28.2 Å². The Morgan fingerprint density at radius 3 is 2.55 bits per heavy atom. The van der Waals surface area contributed by atoms with Gasteiger partial charge in [0.25, 0.3) is 0 Å². The summed E-state index contributed by atoms with van der Waals surface area (Å²) < 4.78 is 38.1. The average Bonchev–Trinajstić information content (AvgIpc) is 3.13. The van der Waals surface area contributed by atoms with Crippen molar-refractivity contribution in [1.82, 2.24) is 15.1 Å². The van der Waals surface area contributed by atoms with Crippen LogP contribution in [-0.4, -0.2) is 37.8 Å². The zero-order chi connectivity index (χ0) is 22.3. The van der Waals surface area contributed by atoms with E-state index in [0.717, 1.165) is 23.9 Å². The second kappa shape index (κ2) is 7.81. The summed E-state index contributed by atoms with van der Waals surface area (Å²) in [4.78, 5) is 14.4. The van der Waals surface area contributed by atoms with Crippen molar-refractivity contribution >= 4 is 17.5 Å². The van der Waals surface area contributed by atoms with Gasteiger partial charge < -0.3 is 15.1 Å². The lowest BCUT2D eigenvalue weighted by Gasteiger charge is -2.27. The normalized spacial score (nSPS) is 13.9. The topological polar surface area (TPSA) is 89.5 Å². The van der Waals surface area contributed by atoms with Gasteiger partial charge in [0.15, 0.2) is 0 Å². The van der Waals surface area contributed by atoms with E-state index in [1.807, 2.05) is 0 Å². The first-order valence-electron chi connectivity index (χ1n) is 9.35. The lowest BCUT2D eigenvalue weighted by Crippen LogP contribution is -2.36. The van der Waals surface area contributed by atoms with E-state index in [-0.39, 0.29) is 35.4 Å². The molecule has 0 unspecified atom stereocenters. The number of halogens is 4. The Morgan fingerprint density at radius 2 is 1.87 bits per heavy atom. The Morgan fingerprint density at radius 1 is 1.16 bits per heavy atom. The Labute approximate surface area is 179 Å². The second-order valence-corrected chi connectivity index (χ2v) is 7.69. The van der Waals surface area contributed by atoms with E-state index < -0.39 is 11.7 Å². The predicted octanol–water partition coefficient (Wildman–Crippen LogP) is 4.29. The summed E-state index contributed by atoms with van der Waals surface area (Å²) in [6.45, 7) is 0.648. The van der Waals surface area contributed by atoms with Gasteiger partial charge in [0.1, 0.15) is 17.2 Å². The molecule has 0 fully saturated rings. The van der Waals surface area contributed by atoms with Crippen LogP contribution in [-0.2, 0) is 30.4 Å². The monoisotopic (exact) mass is 451 g/mol. The smallest absolute Gasteiger partial charge is 0.416 e. The Kier molecular flexibility index (Phi) is 5.30. The second-order valence-electron chi connectivity index (χ2n) is 7.29. The molecule has 0 bridgehead atoms. The van der Waals surface area contributed by atoms with Crippen LogP contribution in [0.1, 0.15) is 22.4 Å². The van der Waals surface area contributed by atoms with E-state index >= 15 is 0 Å². The van der Waals surface area contributed by atoms with Crippen LogP contribution in [0.4, 0.5) is 13.2 Å². The largest absolute Gasteiger partial charge is 0.507 e. The molecule has 0 spiro atoms. The van der Waals surface area contributed by atoms with Gasteiger partial charge in [-0.3, -0.25) is 9.89 Å². The van der Waals surface area contributed by atoms with Crippen molar-refractivity contribution in [2.45, 2.75) is 25.6 Å². The van der Waals surface area contributed by atoms with Crippen molar-refractivity contribution in [3.8, 4) is 22.8 Å². The number of aromatic hydroxyl groups is 2. The number of carbonyl (C=O) groups excluding carboxylic acids is 1. The number of H-pyrrole nitrogens is 1. The molecule has 162 valence electrons. The summed E-state index contributed by atoms with van der Waals surface area (Å²) in [5.41, 5.74) is 1.99. The Balaban J connectivity index is 1.53. The molecule has 6 nitrogen and oxygen atoms in total. The molecule has 3 aromatic rings. The van der Waals surface area contributed by atoms with Crippen LogP contribution in [0.25, 0.3) is 11.3 Å². The molecule has 1 aliphatic heterocycles. The highest BCUT2D eigenvalue weighted by Gasteiger charge is 2.30. The number of amides is 1. The summed E-state index contributed by atoms with van der Waals surface area (Å²) in [6, 6.07) is 7.04. The number of alkyl halides is 3. The van der Waals surface area contributed by atoms with Gasteiger partial charge in [-0.2, -0.15) is 18.3 Å². The van der Waals surface area contributed by atoms with Crippen molar-refractivity contribution < 1.29 is 28.2 Å². The third-order valence-electron chi connectivity index (χ3n) is 5.24. The van der Waals surface area contributed by atoms with Gasteiger partial charge in [0.2, 0.25) is 5.91 Å². The molecule has 2 aromatic carbocycles. The van der Waals surface area contributed by atoms with E-state index in [1.165, 1.54) is 18.2 Å². The molecule has 0 radical (unpaired) electrons. The standard InChI is InChI=1S/C21H17ClF3N3O3/c22-15-8-13(17(29)9-18(15)30)20-14-10-28(6-5-16(14)26-27-20)19(31)7-11-1-3-12(4-2-11)21(23,24)25/h1-4,8-9,29-30H,5-7,10H2,(H,26,27). The first-order valence-corrected chi connectivity index (χ1v) is 9.73. The molecule has 0 atom stereocenters. The molecule has 0 saturated carbocycles.